The van der Waals surface area contributed by atoms with Crippen molar-refractivity contribution in [2.75, 3.05) is 13.7 Å². The number of methoxy groups -OCH3 is 1. The van der Waals surface area contributed by atoms with E-state index >= 15 is 0 Å². The van der Waals surface area contributed by atoms with Crippen LogP contribution in [0.15, 0.2) is 28.9 Å². The molecule has 2 aromatic rings. The van der Waals surface area contributed by atoms with E-state index in [4.69, 9.17) is 26.5 Å². The number of halogens is 1. The van der Waals surface area contributed by atoms with Gasteiger partial charge < -0.3 is 14.9 Å². The third-order valence-corrected chi connectivity index (χ3v) is 2.58. The Kier molecular flexibility index (Phi) is 3.66. The highest BCUT2D eigenvalue weighted by atomic mass is 35.5. The van der Waals surface area contributed by atoms with Crippen LogP contribution in [0.25, 0.3) is 11.5 Å². The Labute approximate surface area is 104 Å². The molecule has 1 aromatic heterocycles. The molecule has 90 valence electrons. The lowest BCUT2D eigenvalue weighted by Crippen LogP contribution is -2.02. The Morgan fingerprint density at radius 3 is 3.00 bits per heavy atom. The van der Waals surface area contributed by atoms with Crippen LogP contribution in [-0.4, -0.2) is 18.6 Å². The van der Waals surface area contributed by atoms with Crippen LogP contribution in [0.1, 0.15) is 5.69 Å². The number of nitrogens with two attached hydrogens (primary N) is 1. The fourth-order valence-corrected chi connectivity index (χ4v) is 1.71. The highest BCUT2D eigenvalue weighted by Crippen LogP contribution is 2.31. The van der Waals surface area contributed by atoms with Gasteiger partial charge in [0.05, 0.1) is 18.4 Å². The van der Waals surface area contributed by atoms with Gasteiger partial charge in [0.2, 0.25) is 5.89 Å². The second-order valence-corrected chi connectivity index (χ2v) is 3.96. The smallest absolute Gasteiger partial charge is 0.229 e. The summed E-state index contributed by atoms with van der Waals surface area (Å²) in [7, 11) is 1.59. The van der Waals surface area contributed by atoms with Crippen molar-refractivity contribution < 1.29 is 9.15 Å². The lowest BCUT2D eigenvalue weighted by atomic mass is 10.2. The molecule has 0 fully saturated rings. The van der Waals surface area contributed by atoms with Gasteiger partial charge in [0.25, 0.3) is 0 Å². The van der Waals surface area contributed by atoms with E-state index in [1.54, 1.807) is 31.6 Å². The van der Waals surface area contributed by atoms with Gasteiger partial charge in [0, 0.05) is 11.4 Å². The van der Waals surface area contributed by atoms with Gasteiger partial charge in [-0.05, 0) is 24.7 Å². The normalized spacial score (nSPS) is 10.5. The van der Waals surface area contributed by atoms with Gasteiger partial charge in [-0.15, -0.1) is 0 Å². The van der Waals surface area contributed by atoms with Crippen LogP contribution in [-0.2, 0) is 6.42 Å². The van der Waals surface area contributed by atoms with Gasteiger partial charge in [-0.25, -0.2) is 4.98 Å². The van der Waals surface area contributed by atoms with Crippen molar-refractivity contribution in [2.24, 2.45) is 5.73 Å². The molecule has 5 heteroatoms. The summed E-state index contributed by atoms with van der Waals surface area (Å²) < 4.78 is 10.6. The molecule has 0 saturated heterocycles. The molecule has 0 bridgehead atoms. The predicted molar refractivity (Wildman–Crippen MR) is 66.3 cm³/mol. The zero-order valence-electron chi connectivity index (χ0n) is 9.44. The lowest BCUT2D eigenvalue weighted by Gasteiger charge is -2.05. The molecule has 2 N–H and O–H groups in total. The average Bonchev–Trinajstić information content (AvgIpc) is 2.78. The third kappa shape index (κ3) is 2.60. The van der Waals surface area contributed by atoms with Gasteiger partial charge in [0.1, 0.15) is 12.0 Å². The molecule has 0 atom stereocenters. The minimum absolute atomic E-state index is 0.493. The molecule has 0 spiro atoms. The Hall–Kier alpha value is -1.52. The van der Waals surface area contributed by atoms with Crippen molar-refractivity contribution in [3.63, 3.8) is 0 Å². The summed E-state index contributed by atoms with van der Waals surface area (Å²) in [6.07, 6.45) is 2.29. The number of nitrogens with zero attached hydrogens (tertiary/aromatic N) is 1. The summed E-state index contributed by atoms with van der Waals surface area (Å²) in [5.41, 5.74) is 7.02. The first-order valence-electron chi connectivity index (χ1n) is 5.23. The summed E-state index contributed by atoms with van der Waals surface area (Å²) in [4.78, 5) is 4.33. The number of ether oxygens (including phenoxy) is 1. The van der Waals surface area contributed by atoms with Gasteiger partial charge in [0.15, 0.2) is 0 Å². The molecule has 0 aliphatic carbocycles. The van der Waals surface area contributed by atoms with Crippen LogP contribution in [0.5, 0.6) is 5.75 Å². The van der Waals surface area contributed by atoms with Crippen molar-refractivity contribution >= 4 is 11.6 Å². The van der Waals surface area contributed by atoms with Crippen LogP contribution >= 0.6 is 11.6 Å². The maximum absolute atomic E-state index is 5.95. The minimum Gasteiger partial charge on any atom is -0.496 e. The van der Waals surface area contributed by atoms with E-state index in [1.807, 2.05) is 0 Å². The Bertz CT molecular complexity index is 511. The number of hydrogen-bond acceptors (Lipinski definition) is 4. The van der Waals surface area contributed by atoms with E-state index < -0.39 is 0 Å². The van der Waals surface area contributed by atoms with Crippen LogP contribution < -0.4 is 10.5 Å². The second kappa shape index (κ2) is 5.21. The first-order valence-corrected chi connectivity index (χ1v) is 5.60. The van der Waals surface area contributed by atoms with Gasteiger partial charge >= 0.3 is 0 Å². The largest absolute Gasteiger partial charge is 0.496 e. The van der Waals surface area contributed by atoms with E-state index in [1.165, 1.54) is 0 Å². The zero-order valence-corrected chi connectivity index (χ0v) is 10.2. The van der Waals surface area contributed by atoms with Gasteiger partial charge in [-0.3, -0.25) is 0 Å². The summed E-state index contributed by atoms with van der Waals surface area (Å²) in [6.45, 7) is 0.540. The van der Waals surface area contributed by atoms with Crippen molar-refractivity contribution in [3.05, 3.63) is 35.2 Å². The second-order valence-electron chi connectivity index (χ2n) is 3.53. The van der Waals surface area contributed by atoms with Gasteiger partial charge in [-0.1, -0.05) is 11.6 Å². The van der Waals surface area contributed by atoms with Crippen molar-refractivity contribution in [2.45, 2.75) is 6.42 Å². The van der Waals surface area contributed by atoms with Gasteiger partial charge in [-0.2, -0.15) is 0 Å². The first kappa shape index (κ1) is 12.0. The lowest BCUT2D eigenvalue weighted by molar-refractivity contribution is 0.414. The molecular weight excluding hydrogens is 240 g/mol. The standard InChI is InChI=1S/C12H13ClN2O2/c1-16-11-3-2-8(13)6-10(11)12-15-9(4-5-14)7-17-12/h2-3,6-7H,4-5,14H2,1H3. The average molecular weight is 253 g/mol. The number of benzene rings is 1. The molecule has 0 amide bonds. The van der Waals surface area contributed by atoms with E-state index in [0.717, 1.165) is 11.3 Å². The Morgan fingerprint density at radius 1 is 1.47 bits per heavy atom. The summed E-state index contributed by atoms with van der Waals surface area (Å²) in [5.74, 6) is 1.17. The van der Waals surface area contributed by atoms with E-state index in [-0.39, 0.29) is 0 Å². The molecule has 1 aromatic carbocycles. The maximum Gasteiger partial charge on any atom is 0.229 e. The van der Waals surface area contributed by atoms with Crippen molar-refractivity contribution in [1.29, 1.82) is 0 Å². The van der Waals surface area contributed by atoms with Crippen LogP contribution in [0.4, 0.5) is 0 Å². The molecule has 0 saturated carbocycles. The maximum atomic E-state index is 5.95. The molecule has 2 rings (SSSR count). The van der Waals surface area contributed by atoms with Crippen molar-refractivity contribution in [3.8, 4) is 17.2 Å². The molecule has 0 radical (unpaired) electrons. The molecule has 0 unspecified atom stereocenters. The van der Waals surface area contributed by atoms with E-state index in [0.29, 0.717) is 29.6 Å². The fraction of sp³-hybridized carbons (Fsp3) is 0.250. The van der Waals surface area contributed by atoms with Crippen molar-refractivity contribution in [1.82, 2.24) is 4.98 Å². The SMILES string of the molecule is COc1ccc(Cl)cc1-c1nc(CCN)co1. The molecular formula is C12H13ClN2O2. The van der Waals surface area contributed by atoms with E-state index in [9.17, 15) is 0 Å². The summed E-state index contributed by atoms with van der Waals surface area (Å²) in [6, 6.07) is 5.30. The quantitative estimate of drug-likeness (QED) is 0.908. The number of aromatic nitrogens is 1. The molecule has 1 heterocycles. The van der Waals surface area contributed by atoms with Crippen LogP contribution in [0, 0.1) is 0 Å². The first-order chi connectivity index (χ1) is 8.24. The van der Waals surface area contributed by atoms with Crippen LogP contribution in [0.3, 0.4) is 0 Å². The molecule has 4 nitrogen and oxygen atoms in total. The number of rotatable bonds is 4. The molecule has 17 heavy (non-hydrogen) atoms. The fourth-order valence-electron chi connectivity index (χ4n) is 1.54. The third-order valence-electron chi connectivity index (χ3n) is 2.34. The highest BCUT2D eigenvalue weighted by Gasteiger charge is 2.12. The molecule has 0 aliphatic heterocycles. The monoisotopic (exact) mass is 252 g/mol. The van der Waals surface area contributed by atoms with Crippen LogP contribution in [0.2, 0.25) is 5.02 Å². The minimum atomic E-state index is 0.493. The zero-order chi connectivity index (χ0) is 12.3. The Morgan fingerprint density at radius 2 is 2.29 bits per heavy atom. The highest BCUT2D eigenvalue weighted by molar-refractivity contribution is 6.30. The predicted octanol–water partition coefficient (Wildman–Crippen LogP) is 2.50. The topological polar surface area (TPSA) is 61.3 Å². The number of oxazole rings is 1. The Balaban J connectivity index is 2.40. The van der Waals surface area contributed by atoms with E-state index in [2.05, 4.69) is 4.98 Å². The summed E-state index contributed by atoms with van der Waals surface area (Å²) in [5, 5.41) is 0.611. The number of hydrogen-bond donors (Lipinski definition) is 1. The summed E-state index contributed by atoms with van der Waals surface area (Å²) >= 11 is 5.95. The molecule has 0 aliphatic rings.